The summed E-state index contributed by atoms with van der Waals surface area (Å²) in [7, 11) is 0. The molecule has 7 heteroatoms. The fourth-order valence-corrected chi connectivity index (χ4v) is 4.05. The van der Waals surface area contributed by atoms with E-state index < -0.39 is 11.7 Å². The number of benzene rings is 2. The topological polar surface area (TPSA) is 94.8 Å². The Morgan fingerprint density at radius 1 is 1.19 bits per heavy atom. The van der Waals surface area contributed by atoms with Crippen molar-refractivity contribution in [3.8, 4) is 5.75 Å². The van der Waals surface area contributed by atoms with E-state index in [2.05, 4.69) is 5.32 Å². The average molecular weight is 437 g/mol. The van der Waals surface area contributed by atoms with Gasteiger partial charge in [0.2, 0.25) is 0 Å². The van der Waals surface area contributed by atoms with E-state index in [4.69, 9.17) is 13.9 Å². The van der Waals surface area contributed by atoms with Crippen molar-refractivity contribution < 1.29 is 28.3 Å². The molecule has 1 aliphatic carbocycles. The van der Waals surface area contributed by atoms with Crippen LogP contribution in [0.2, 0.25) is 0 Å². The van der Waals surface area contributed by atoms with Gasteiger partial charge in [-0.25, -0.2) is 4.79 Å². The second-order valence-electron chi connectivity index (χ2n) is 9.06. The van der Waals surface area contributed by atoms with Crippen molar-refractivity contribution in [2.45, 2.75) is 51.6 Å². The number of hydrogen-bond acceptors (Lipinski definition) is 6. The number of alkyl carbamates (subject to hydrolysis) is 1. The number of ketones is 2. The van der Waals surface area contributed by atoms with Crippen molar-refractivity contribution >= 4 is 39.4 Å². The highest BCUT2D eigenvalue weighted by Gasteiger charge is 2.31. The highest BCUT2D eigenvalue weighted by molar-refractivity contribution is 6.11. The molecule has 1 aromatic heterocycles. The summed E-state index contributed by atoms with van der Waals surface area (Å²) in [6, 6.07) is 9.56. The standard InChI is InChI=1S/C25H27NO6/c1-25(2,3)32-24(29)26-10-11-30-17-6-8-18-15(12-17)4-9-22-23(18)20(14-31-22)19-7-5-16(27)13-21(19)28/h4,6,8-9,12,14,19H,5,7,10-11,13H2,1-3H3,(H,26,29)/t19-/m1/s1. The fraction of sp³-hybridized carbons (Fsp3) is 0.400. The lowest BCUT2D eigenvalue weighted by molar-refractivity contribution is -0.130. The molecule has 4 rings (SSSR count). The predicted molar refractivity (Wildman–Crippen MR) is 120 cm³/mol. The number of Topliss-reactive ketones (excluding diaryl/α,β-unsaturated/α-hetero) is 2. The molecule has 168 valence electrons. The lowest BCUT2D eigenvalue weighted by Gasteiger charge is -2.19. The van der Waals surface area contributed by atoms with Crippen LogP contribution in [0.5, 0.6) is 5.75 Å². The minimum atomic E-state index is -0.543. The summed E-state index contributed by atoms with van der Waals surface area (Å²) in [5, 5.41) is 5.50. The van der Waals surface area contributed by atoms with Crippen molar-refractivity contribution in [3.63, 3.8) is 0 Å². The molecule has 1 saturated carbocycles. The van der Waals surface area contributed by atoms with Crippen LogP contribution in [-0.4, -0.2) is 36.4 Å². The van der Waals surface area contributed by atoms with Gasteiger partial charge in [0.1, 0.15) is 35.1 Å². The van der Waals surface area contributed by atoms with E-state index in [1.54, 1.807) is 6.26 Å². The van der Waals surface area contributed by atoms with Crippen LogP contribution in [0.25, 0.3) is 21.7 Å². The van der Waals surface area contributed by atoms with Crippen molar-refractivity contribution in [2.24, 2.45) is 0 Å². The second-order valence-corrected chi connectivity index (χ2v) is 9.06. The fourth-order valence-electron chi connectivity index (χ4n) is 4.05. The molecule has 0 aliphatic heterocycles. The van der Waals surface area contributed by atoms with E-state index in [0.717, 1.165) is 21.7 Å². The van der Waals surface area contributed by atoms with Gasteiger partial charge in [0, 0.05) is 23.3 Å². The predicted octanol–water partition coefficient (Wildman–Crippen LogP) is 4.90. The van der Waals surface area contributed by atoms with Gasteiger partial charge in [0.25, 0.3) is 0 Å². The van der Waals surface area contributed by atoms with Gasteiger partial charge in [0.05, 0.1) is 19.2 Å². The molecule has 32 heavy (non-hydrogen) atoms. The van der Waals surface area contributed by atoms with Gasteiger partial charge in [0.15, 0.2) is 0 Å². The second kappa shape index (κ2) is 8.65. The molecule has 0 radical (unpaired) electrons. The summed E-state index contributed by atoms with van der Waals surface area (Å²) >= 11 is 0. The summed E-state index contributed by atoms with van der Waals surface area (Å²) in [6.07, 6.45) is 2.11. The van der Waals surface area contributed by atoms with Gasteiger partial charge < -0.3 is 19.2 Å². The van der Waals surface area contributed by atoms with Crippen LogP contribution in [0.4, 0.5) is 4.79 Å². The summed E-state index contributed by atoms with van der Waals surface area (Å²) in [5.74, 6) is 0.326. The molecular weight excluding hydrogens is 410 g/mol. The summed E-state index contributed by atoms with van der Waals surface area (Å²) in [4.78, 5) is 35.8. The minimum absolute atomic E-state index is 0.00255. The third kappa shape index (κ3) is 4.77. The molecule has 1 amide bonds. The molecule has 3 aromatic rings. The lowest BCUT2D eigenvalue weighted by atomic mass is 9.81. The zero-order valence-electron chi connectivity index (χ0n) is 18.5. The number of rotatable bonds is 5. The molecule has 0 spiro atoms. The normalized spacial score (nSPS) is 17.0. The summed E-state index contributed by atoms with van der Waals surface area (Å²) in [6.45, 7) is 6.05. The SMILES string of the molecule is CC(C)(C)OC(=O)NCCOc1ccc2c(ccc3occ([C@H]4CCC(=O)CC4=O)c32)c1. The smallest absolute Gasteiger partial charge is 0.407 e. The van der Waals surface area contributed by atoms with E-state index in [-0.39, 0.29) is 23.9 Å². The van der Waals surface area contributed by atoms with Crippen LogP contribution >= 0.6 is 0 Å². The lowest BCUT2D eigenvalue weighted by Crippen LogP contribution is -2.34. The number of ether oxygens (including phenoxy) is 2. The van der Waals surface area contributed by atoms with E-state index in [0.29, 0.717) is 37.3 Å². The molecule has 1 N–H and O–H groups in total. The number of fused-ring (bicyclic) bond motifs is 3. The number of furan rings is 1. The Labute approximate surface area is 186 Å². The Bertz CT molecular complexity index is 1190. The first-order valence-electron chi connectivity index (χ1n) is 10.8. The molecule has 0 saturated heterocycles. The van der Waals surface area contributed by atoms with Gasteiger partial charge in [-0.1, -0.05) is 6.07 Å². The van der Waals surface area contributed by atoms with Gasteiger partial charge >= 0.3 is 6.09 Å². The number of carbonyl (C=O) groups is 3. The van der Waals surface area contributed by atoms with Gasteiger partial charge in [-0.15, -0.1) is 0 Å². The first-order valence-corrected chi connectivity index (χ1v) is 10.8. The monoisotopic (exact) mass is 437 g/mol. The molecule has 1 aliphatic rings. The number of hydrogen-bond donors (Lipinski definition) is 1. The maximum atomic E-state index is 12.5. The zero-order chi connectivity index (χ0) is 22.9. The van der Waals surface area contributed by atoms with Crippen molar-refractivity contribution in [1.82, 2.24) is 5.32 Å². The quantitative estimate of drug-likeness (QED) is 0.451. The van der Waals surface area contributed by atoms with Crippen molar-refractivity contribution in [1.29, 1.82) is 0 Å². The van der Waals surface area contributed by atoms with Crippen LogP contribution in [0.3, 0.4) is 0 Å². The third-order valence-electron chi connectivity index (χ3n) is 5.44. The van der Waals surface area contributed by atoms with E-state index in [1.807, 2.05) is 51.1 Å². The number of carbonyl (C=O) groups excluding carboxylic acids is 3. The Kier molecular flexibility index (Phi) is 5.91. The maximum Gasteiger partial charge on any atom is 0.407 e. The number of nitrogens with one attached hydrogen (secondary N) is 1. The van der Waals surface area contributed by atoms with Gasteiger partial charge in [-0.05, 0) is 62.2 Å². The minimum Gasteiger partial charge on any atom is -0.492 e. The van der Waals surface area contributed by atoms with Crippen LogP contribution in [-0.2, 0) is 14.3 Å². The highest BCUT2D eigenvalue weighted by Crippen LogP contribution is 2.38. The Balaban J connectivity index is 1.49. The van der Waals surface area contributed by atoms with Crippen LogP contribution in [0.1, 0.15) is 51.5 Å². The Hall–Kier alpha value is -3.35. The molecule has 1 fully saturated rings. The largest absolute Gasteiger partial charge is 0.492 e. The van der Waals surface area contributed by atoms with Crippen LogP contribution in [0.15, 0.2) is 41.0 Å². The first kappa shape index (κ1) is 21.9. The molecule has 0 bridgehead atoms. The van der Waals surface area contributed by atoms with Crippen molar-refractivity contribution in [2.75, 3.05) is 13.2 Å². The highest BCUT2D eigenvalue weighted by atomic mass is 16.6. The Morgan fingerprint density at radius 2 is 2.00 bits per heavy atom. The summed E-state index contributed by atoms with van der Waals surface area (Å²) < 4.78 is 16.7. The molecule has 1 heterocycles. The average Bonchev–Trinajstić information content (AvgIpc) is 3.14. The van der Waals surface area contributed by atoms with Gasteiger partial charge in [-0.2, -0.15) is 0 Å². The number of amides is 1. The zero-order valence-corrected chi connectivity index (χ0v) is 18.5. The van der Waals surface area contributed by atoms with Crippen molar-refractivity contribution in [3.05, 3.63) is 42.2 Å². The van der Waals surface area contributed by atoms with Crippen LogP contribution < -0.4 is 10.1 Å². The van der Waals surface area contributed by atoms with E-state index in [9.17, 15) is 14.4 Å². The molecule has 0 unspecified atom stereocenters. The molecule has 7 nitrogen and oxygen atoms in total. The maximum absolute atomic E-state index is 12.5. The van der Waals surface area contributed by atoms with Gasteiger partial charge in [-0.3, -0.25) is 9.59 Å². The summed E-state index contributed by atoms with van der Waals surface area (Å²) in [5.41, 5.74) is 1.02. The van der Waals surface area contributed by atoms with E-state index in [1.165, 1.54) is 0 Å². The van der Waals surface area contributed by atoms with Crippen LogP contribution in [0, 0.1) is 0 Å². The molecule has 1 atom stereocenters. The Morgan fingerprint density at radius 3 is 2.75 bits per heavy atom. The molecular formula is C25H27NO6. The van der Waals surface area contributed by atoms with E-state index >= 15 is 0 Å². The third-order valence-corrected chi connectivity index (χ3v) is 5.44. The molecule has 2 aromatic carbocycles. The first-order chi connectivity index (χ1) is 15.2.